The predicted octanol–water partition coefficient (Wildman–Crippen LogP) is 4.76. The van der Waals surface area contributed by atoms with Gasteiger partial charge in [-0.25, -0.2) is 0 Å². The number of carbonyl (C=O) groups is 1. The summed E-state index contributed by atoms with van der Waals surface area (Å²) < 4.78 is 41.2. The largest absolute Gasteiger partial charge is 0.416 e. The van der Waals surface area contributed by atoms with Gasteiger partial charge in [-0.2, -0.15) is 18.3 Å². The van der Waals surface area contributed by atoms with Crippen LogP contribution in [0.15, 0.2) is 41.3 Å². The number of likely N-dealkylation sites (N-methyl/N-ethyl adjacent to an activating group) is 1. The number of piperazine rings is 1. The molecule has 10 heteroatoms. The lowest BCUT2D eigenvalue weighted by molar-refractivity contribution is -0.138. The minimum atomic E-state index is -4.48. The summed E-state index contributed by atoms with van der Waals surface area (Å²) in [6.07, 6.45) is -4.30. The molecule has 0 radical (unpaired) electrons. The Hall–Kier alpha value is -2.56. The van der Waals surface area contributed by atoms with E-state index in [0.29, 0.717) is 5.75 Å². The van der Waals surface area contributed by atoms with Gasteiger partial charge in [0, 0.05) is 66.6 Å². The number of aromatic nitrogens is 2. The number of carbonyl (C=O) groups excluding carboxylic acids is 1. The molecular formula is C24H28F3N5OS. The van der Waals surface area contributed by atoms with Crippen LogP contribution in [0.5, 0.6) is 0 Å². The lowest BCUT2D eigenvalue weighted by Crippen LogP contribution is -2.44. The van der Waals surface area contributed by atoms with Crippen LogP contribution in [0, 0.1) is 6.92 Å². The number of alkyl halides is 3. The molecule has 0 spiro atoms. The average Bonchev–Trinajstić information content (AvgIpc) is 3.16. The van der Waals surface area contributed by atoms with Gasteiger partial charge >= 0.3 is 6.18 Å². The van der Waals surface area contributed by atoms with Crippen LogP contribution in [0.2, 0.25) is 0 Å². The molecule has 0 atom stereocenters. The van der Waals surface area contributed by atoms with Gasteiger partial charge in [-0.15, -0.1) is 11.8 Å². The van der Waals surface area contributed by atoms with E-state index in [0.717, 1.165) is 53.7 Å². The van der Waals surface area contributed by atoms with E-state index in [9.17, 15) is 18.0 Å². The predicted molar refractivity (Wildman–Crippen MR) is 129 cm³/mol. The topological polar surface area (TPSA) is 64.3 Å². The van der Waals surface area contributed by atoms with Crippen LogP contribution in [-0.2, 0) is 17.5 Å². The number of benzene rings is 2. The number of nitrogens with zero attached hydrogens (tertiary/aromatic N) is 3. The van der Waals surface area contributed by atoms with Gasteiger partial charge in [-0.3, -0.25) is 14.8 Å². The first kappa shape index (κ1) is 24.6. The second-order valence-electron chi connectivity index (χ2n) is 8.62. The molecule has 1 aromatic heterocycles. The van der Waals surface area contributed by atoms with E-state index in [1.165, 1.54) is 17.8 Å². The third-order valence-corrected chi connectivity index (χ3v) is 7.00. The minimum Gasteiger partial charge on any atom is -0.326 e. The van der Waals surface area contributed by atoms with Crippen molar-refractivity contribution < 1.29 is 18.0 Å². The molecule has 6 nitrogen and oxygen atoms in total. The van der Waals surface area contributed by atoms with Gasteiger partial charge in [-0.1, -0.05) is 6.07 Å². The number of halogens is 3. The maximum atomic E-state index is 13.7. The highest BCUT2D eigenvalue weighted by atomic mass is 32.2. The second kappa shape index (κ2) is 10.4. The highest BCUT2D eigenvalue weighted by Crippen LogP contribution is 2.34. The van der Waals surface area contributed by atoms with Crippen LogP contribution in [-0.4, -0.2) is 64.9 Å². The first-order valence-electron chi connectivity index (χ1n) is 11.2. The molecule has 1 aliphatic heterocycles. The fourth-order valence-electron chi connectivity index (χ4n) is 4.00. The fraction of sp³-hybridized carbons (Fsp3) is 0.417. The first-order chi connectivity index (χ1) is 16.2. The molecule has 0 saturated carbocycles. The van der Waals surface area contributed by atoms with Crippen molar-refractivity contribution in [1.82, 2.24) is 20.0 Å². The lowest BCUT2D eigenvalue weighted by atomic mass is 10.0. The molecule has 2 aromatic carbocycles. The molecule has 1 fully saturated rings. The SMILES string of the molecule is Cc1[nH]nc2cc(SCCC(=O)Nc3ccc(CN4CCN(C)CC4)c(C(F)(F)F)c3)ccc12. The van der Waals surface area contributed by atoms with Crippen molar-refractivity contribution >= 4 is 34.3 Å². The molecule has 0 bridgehead atoms. The van der Waals surface area contributed by atoms with Crippen LogP contribution in [0.4, 0.5) is 18.9 Å². The Kier molecular flexibility index (Phi) is 7.49. The van der Waals surface area contributed by atoms with Crippen molar-refractivity contribution in [3.8, 4) is 0 Å². The Morgan fingerprint density at radius 3 is 2.65 bits per heavy atom. The highest BCUT2D eigenvalue weighted by molar-refractivity contribution is 7.99. The van der Waals surface area contributed by atoms with Gasteiger partial charge in [0.25, 0.3) is 0 Å². The minimum absolute atomic E-state index is 0.165. The molecule has 3 aromatic rings. The molecule has 1 saturated heterocycles. The third-order valence-electron chi connectivity index (χ3n) is 6.00. The molecule has 2 heterocycles. The highest BCUT2D eigenvalue weighted by Gasteiger charge is 2.34. The number of hydrogen-bond donors (Lipinski definition) is 2. The lowest BCUT2D eigenvalue weighted by Gasteiger charge is -2.33. The number of nitrogens with one attached hydrogen (secondary N) is 2. The summed E-state index contributed by atoms with van der Waals surface area (Å²) in [6.45, 7) is 5.34. The average molecular weight is 492 g/mol. The van der Waals surface area contributed by atoms with Crippen LogP contribution in [0.25, 0.3) is 10.9 Å². The second-order valence-corrected chi connectivity index (χ2v) is 9.79. The molecule has 0 aliphatic carbocycles. The number of rotatable bonds is 7. The van der Waals surface area contributed by atoms with Gasteiger partial charge in [0.05, 0.1) is 11.1 Å². The van der Waals surface area contributed by atoms with Crippen molar-refractivity contribution in [2.75, 3.05) is 44.3 Å². The number of anilines is 1. The zero-order chi connectivity index (χ0) is 24.3. The first-order valence-corrected chi connectivity index (χ1v) is 12.2. The number of aromatic amines is 1. The van der Waals surface area contributed by atoms with Gasteiger partial charge < -0.3 is 10.2 Å². The van der Waals surface area contributed by atoms with Crippen molar-refractivity contribution in [2.45, 2.75) is 31.0 Å². The molecular weight excluding hydrogens is 463 g/mol. The molecule has 1 amide bonds. The number of hydrogen-bond acceptors (Lipinski definition) is 5. The fourth-order valence-corrected chi connectivity index (χ4v) is 4.89. The van der Waals surface area contributed by atoms with E-state index < -0.39 is 11.7 Å². The summed E-state index contributed by atoms with van der Waals surface area (Å²) >= 11 is 1.51. The Bertz CT molecular complexity index is 1160. The normalized spacial score (nSPS) is 15.7. The Balaban J connectivity index is 1.34. The number of amides is 1. The summed E-state index contributed by atoms with van der Waals surface area (Å²) in [5.74, 6) is 0.193. The van der Waals surface area contributed by atoms with E-state index in [1.54, 1.807) is 6.07 Å². The number of H-pyrrole nitrogens is 1. The van der Waals surface area contributed by atoms with E-state index in [4.69, 9.17) is 0 Å². The van der Waals surface area contributed by atoms with Crippen molar-refractivity contribution in [3.63, 3.8) is 0 Å². The van der Waals surface area contributed by atoms with Gasteiger partial charge in [0.2, 0.25) is 5.91 Å². The van der Waals surface area contributed by atoms with Crippen LogP contribution < -0.4 is 5.32 Å². The monoisotopic (exact) mass is 491 g/mol. The van der Waals surface area contributed by atoms with Crippen LogP contribution in [0.1, 0.15) is 23.2 Å². The summed E-state index contributed by atoms with van der Waals surface area (Å²) in [5, 5.41) is 10.9. The van der Waals surface area contributed by atoms with E-state index in [2.05, 4.69) is 20.4 Å². The molecule has 34 heavy (non-hydrogen) atoms. The van der Waals surface area contributed by atoms with Crippen LogP contribution in [0.3, 0.4) is 0 Å². The molecule has 2 N–H and O–H groups in total. The van der Waals surface area contributed by atoms with Gasteiger partial charge in [0.1, 0.15) is 0 Å². The van der Waals surface area contributed by atoms with Crippen molar-refractivity contribution in [2.24, 2.45) is 0 Å². The Labute approximate surface area is 200 Å². The van der Waals surface area contributed by atoms with Crippen molar-refractivity contribution in [3.05, 3.63) is 53.2 Å². The molecule has 182 valence electrons. The zero-order valence-electron chi connectivity index (χ0n) is 19.2. The van der Waals surface area contributed by atoms with E-state index >= 15 is 0 Å². The van der Waals surface area contributed by atoms with E-state index in [-0.39, 0.29) is 30.1 Å². The third kappa shape index (κ3) is 6.11. The maximum Gasteiger partial charge on any atom is 0.416 e. The zero-order valence-corrected chi connectivity index (χ0v) is 20.0. The van der Waals surface area contributed by atoms with Crippen LogP contribution >= 0.6 is 11.8 Å². The summed E-state index contributed by atoms with van der Waals surface area (Å²) in [5.41, 5.74) is 1.57. The summed E-state index contributed by atoms with van der Waals surface area (Å²) in [7, 11) is 2.01. The Morgan fingerprint density at radius 1 is 1.15 bits per heavy atom. The molecule has 1 aliphatic rings. The van der Waals surface area contributed by atoms with Gasteiger partial charge in [0.15, 0.2) is 0 Å². The quantitative estimate of drug-likeness (QED) is 0.467. The summed E-state index contributed by atoms with van der Waals surface area (Å²) in [4.78, 5) is 17.6. The molecule has 4 rings (SSSR count). The maximum absolute atomic E-state index is 13.7. The summed E-state index contributed by atoms with van der Waals surface area (Å²) in [6, 6.07) is 9.99. The van der Waals surface area contributed by atoms with Gasteiger partial charge in [-0.05, 0) is 49.9 Å². The number of aryl methyl sites for hydroxylation is 1. The Morgan fingerprint density at radius 2 is 1.91 bits per heavy atom. The number of thioether (sulfide) groups is 1. The van der Waals surface area contributed by atoms with Crippen molar-refractivity contribution in [1.29, 1.82) is 0 Å². The standard InChI is InChI=1S/C24H28F3N5OS/c1-16-20-6-5-19(14-22(20)30-29-16)34-12-7-23(33)28-18-4-3-17(21(13-18)24(25,26)27)15-32-10-8-31(2)9-11-32/h3-6,13-14H,7-12,15H2,1-2H3,(H,28,33)(H,29,30). The smallest absolute Gasteiger partial charge is 0.326 e. The van der Waals surface area contributed by atoms with E-state index in [1.807, 2.05) is 37.1 Å². The molecule has 0 unspecified atom stereocenters. The number of fused-ring (bicyclic) bond motifs is 1.